The molecule has 0 saturated heterocycles. The number of nitrogens with zero attached hydrogens (tertiary/aromatic N) is 1. The maximum absolute atomic E-state index is 12.4. The van der Waals surface area contributed by atoms with Gasteiger partial charge in [-0.15, -0.1) is 0 Å². The topological polar surface area (TPSA) is 57.6 Å². The van der Waals surface area contributed by atoms with Crippen molar-refractivity contribution in [2.75, 3.05) is 13.1 Å². The molecule has 0 amide bonds. The van der Waals surface area contributed by atoms with E-state index < -0.39 is 15.6 Å². The molecule has 0 fully saturated rings. The summed E-state index contributed by atoms with van der Waals surface area (Å²) in [4.78, 5) is 0.258. The van der Waals surface area contributed by atoms with Gasteiger partial charge in [-0.25, -0.2) is 8.42 Å². The minimum absolute atomic E-state index is 0.0812. The van der Waals surface area contributed by atoms with Crippen molar-refractivity contribution in [1.82, 2.24) is 4.31 Å². The molecule has 0 bridgehead atoms. The summed E-state index contributed by atoms with van der Waals surface area (Å²) in [5.41, 5.74) is -1.05. The molecule has 0 aliphatic heterocycles. The molecule has 1 aromatic carbocycles. The Morgan fingerprint density at radius 1 is 1.28 bits per heavy atom. The van der Waals surface area contributed by atoms with Crippen LogP contribution >= 0.6 is 22.6 Å². The number of sulfonamides is 1. The second-order valence-electron chi connectivity index (χ2n) is 4.70. The number of rotatable bonds is 5. The van der Waals surface area contributed by atoms with E-state index in [9.17, 15) is 13.5 Å². The molecule has 1 N–H and O–H groups in total. The predicted octanol–water partition coefficient (Wildman–Crippen LogP) is 2.07. The van der Waals surface area contributed by atoms with Gasteiger partial charge >= 0.3 is 0 Å². The van der Waals surface area contributed by atoms with Crippen LogP contribution in [0, 0.1) is 3.57 Å². The highest BCUT2D eigenvalue weighted by Gasteiger charge is 2.28. The van der Waals surface area contributed by atoms with Crippen LogP contribution in [0.25, 0.3) is 0 Å². The Morgan fingerprint density at radius 2 is 1.78 bits per heavy atom. The van der Waals surface area contributed by atoms with Crippen LogP contribution in [0.15, 0.2) is 29.2 Å². The first-order valence-corrected chi connectivity index (χ1v) is 8.17. The smallest absolute Gasteiger partial charge is 0.243 e. The summed E-state index contributed by atoms with van der Waals surface area (Å²) >= 11 is 2.13. The fourth-order valence-electron chi connectivity index (χ4n) is 1.55. The van der Waals surface area contributed by atoms with Crippen LogP contribution in [-0.2, 0) is 10.0 Å². The van der Waals surface area contributed by atoms with Crippen LogP contribution in [0.3, 0.4) is 0 Å². The van der Waals surface area contributed by atoms with E-state index in [0.29, 0.717) is 6.54 Å². The molecule has 18 heavy (non-hydrogen) atoms. The summed E-state index contributed by atoms with van der Waals surface area (Å²) in [6.45, 7) is 5.37. The van der Waals surface area contributed by atoms with E-state index in [2.05, 4.69) is 22.6 Å². The van der Waals surface area contributed by atoms with Crippen molar-refractivity contribution in [3.63, 3.8) is 0 Å². The maximum atomic E-state index is 12.4. The van der Waals surface area contributed by atoms with E-state index in [1.54, 1.807) is 45.0 Å². The summed E-state index contributed by atoms with van der Waals surface area (Å²) in [7, 11) is -3.53. The summed E-state index contributed by atoms with van der Waals surface area (Å²) < 4.78 is 27.0. The third kappa shape index (κ3) is 4.18. The monoisotopic (exact) mass is 383 g/mol. The molecule has 6 heteroatoms. The first-order valence-electron chi connectivity index (χ1n) is 5.65. The first kappa shape index (κ1) is 15.9. The Kier molecular flexibility index (Phi) is 5.16. The molecule has 0 atom stereocenters. The Labute approximate surface area is 122 Å². The van der Waals surface area contributed by atoms with Crippen LogP contribution < -0.4 is 0 Å². The summed E-state index contributed by atoms with van der Waals surface area (Å²) in [6.07, 6.45) is 0. The van der Waals surface area contributed by atoms with Crippen molar-refractivity contribution in [3.05, 3.63) is 27.8 Å². The molecule has 0 aliphatic carbocycles. The quantitative estimate of drug-likeness (QED) is 0.793. The van der Waals surface area contributed by atoms with Crippen molar-refractivity contribution >= 4 is 32.6 Å². The van der Waals surface area contributed by atoms with Crippen molar-refractivity contribution in [2.24, 2.45) is 0 Å². The van der Waals surface area contributed by atoms with Crippen LogP contribution in [0.4, 0.5) is 0 Å². The molecule has 0 unspecified atom stereocenters. The average Bonchev–Trinajstić information content (AvgIpc) is 2.25. The molecule has 0 saturated carbocycles. The lowest BCUT2D eigenvalue weighted by Gasteiger charge is -2.27. The second kappa shape index (κ2) is 5.85. The highest BCUT2D eigenvalue weighted by molar-refractivity contribution is 14.1. The number of halogens is 1. The third-order valence-electron chi connectivity index (χ3n) is 2.37. The zero-order chi connectivity index (χ0) is 14.0. The lowest BCUT2D eigenvalue weighted by Crippen LogP contribution is -2.42. The number of hydrogen-bond acceptors (Lipinski definition) is 3. The minimum atomic E-state index is -3.53. The fraction of sp³-hybridized carbons (Fsp3) is 0.500. The zero-order valence-electron chi connectivity index (χ0n) is 10.7. The van der Waals surface area contributed by atoms with Gasteiger partial charge in [0, 0.05) is 16.7 Å². The molecule has 0 aromatic heterocycles. The molecule has 0 radical (unpaired) electrons. The highest BCUT2D eigenvalue weighted by atomic mass is 127. The largest absolute Gasteiger partial charge is 0.389 e. The van der Waals surface area contributed by atoms with Gasteiger partial charge in [0.05, 0.1) is 10.5 Å². The van der Waals surface area contributed by atoms with E-state index in [1.807, 2.05) is 0 Å². The van der Waals surface area contributed by atoms with Crippen molar-refractivity contribution in [2.45, 2.75) is 31.3 Å². The molecular weight excluding hydrogens is 365 g/mol. The third-order valence-corrected chi connectivity index (χ3v) is 5.02. The molecular formula is C12H18INO3S. The molecule has 0 heterocycles. The Balaban J connectivity index is 3.07. The second-order valence-corrected chi connectivity index (χ2v) is 7.88. The van der Waals surface area contributed by atoms with E-state index in [1.165, 1.54) is 4.31 Å². The van der Waals surface area contributed by atoms with Crippen LogP contribution in [-0.4, -0.2) is 36.5 Å². The maximum Gasteiger partial charge on any atom is 0.243 e. The SMILES string of the molecule is CCN(CC(C)(C)O)S(=O)(=O)c1ccc(I)cc1. The normalized spacial score (nSPS) is 13.0. The molecule has 4 nitrogen and oxygen atoms in total. The summed E-state index contributed by atoms with van der Waals surface area (Å²) in [5, 5.41) is 9.77. The van der Waals surface area contributed by atoms with Crippen LogP contribution in [0.1, 0.15) is 20.8 Å². The number of benzene rings is 1. The van der Waals surface area contributed by atoms with Crippen molar-refractivity contribution in [3.8, 4) is 0 Å². The van der Waals surface area contributed by atoms with E-state index in [4.69, 9.17) is 0 Å². The van der Waals surface area contributed by atoms with Gasteiger partial charge in [-0.05, 0) is 60.7 Å². The predicted molar refractivity (Wildman–Crippen MR) is 79.9 cm³/mol. The van der Waals surface area contributed by atoms with Crippen LogP contribution in [0.5, 0.6) is 0 Å². The van der Waals surface area contributed by atoms with E-state index >= 15 is 0 Å². The Hall–Kier alpha value is -0.180. The lowest BCUT2D eigenvalue weighted by molar-refractivity contribution is 0.0601. The number of likely N-dealkylation sites (N-methyl/N-ethyl adjacent to an activating group) is 1. The van der Waals surface area contributed by atoms with Gasteiger partial charge in [0.1, 0.15) is 0 Å². The van der Waals surface area contributed by atoms with E-state index in [-0.39, 0.29) is 11.4 Å². The molecule has 0 aliphatic rings. The first-order chi connectivity index (χ1) is 8.16. The minimum Gasteiger partial charge on any atom is -0.389 e. The van der Waals surface area contributed by atoms with Crippen LogP contribution in [0.2, 0.25) is 0 Å². The lowest BCUT2D eigenvalue weighted by atomic mass is 10.1. The molecule has 102 valence electrons. The van der Waals surface area contributed by atoms with E-state index in [0.717, 1.165) is 3.57 Å². The number of aliphatic hydroxyl groups is 1. The Morgan fingerprint density at radius 3 is 2.17 bits per heavy atom. The Bertz CT molecular complexity index is 491. The van der Waals surface area contributed by atoms with Gasteiger partial charge in [0.25, 0.3) is 0 Å². The summed E-state index contributed by atoms with van der Waals surface area (Å²) in [5.74, 6) is 0. The highest BCUT2D eigenvalue weighted by Crippen LogP contribution is 2.19. The van der Waals surface area contributed by atoms with Gasteiger partial charge in [-0.2, -0.15) is 4.31 Å². The van der Waals surface area contributed by atoms with Gasteiger partial charge < -0.3 is 5.11 Å². The molecule has 1 aromatic rings. The van der Waals surface area contributed by atoms with Gasteiger partial charge in [0.15, 0.2) is 0 Å². The fourth-order valence-corrected chi connectivity index (χ4v) is 3.52. The number of hydrogen-bond donors (Lipinski definition) is 1. The van der Waals surface area contributed by atoms with Crippen molar-refractivity contribution in [1.29, 1.82) is 0 Å². The molecule has 0 spiro atoms. The standard InChI is InChI=1S/C12H18INO3S/c1-4-14(9-12(2,3)15)18(16,17)11-7-5-10(13)6-8-11/h5-8,15H,4,9H2,1-3H3. The zero-order valence-corrected chi connectivity index (χ0v) is 13.7. The van der Waals surface area contributed by atoms with Gasteiger partial charge in [-0.3, -0.25) is 0 Å². The summed E-state index contributed by atoms with van der Waals surface area (Å²) in [6, 6.07) is 6.69. The average molecular weight is 383 g/mol. The van der Waals surface area contributed by atoms with Gasteiger partial charge in [-0.1, -0.05) is 6.92 Å². The molecule has 1 rings (SSSR count). The van der Waals surface area contributed by atoms with Crippen molar-refractivity contribution < 1.29 is 13.5 Å². The van der Waals surface area contributed by atoms with Gasteiger partial charge in [0.2, 0.25) is 10.0 Å².